The second-order valence-electron chi connectivity index (χ2n) is 6.31. The van der Waals surface area contributed by atoms with E-state index in [-0.39, 0.29) is 0 Å². The minimum absolute atomic E-state index is 0.308. The molecular weight excluding hydrogens is 326 g/mol. The monoisotopic (exact) mass is 349 g/mol. The van der Waals surface area contributed by atoms with Crippen molar-refractivity contribution in [3.05, 3.63) is 30.4 Å². The van der Waals surface area contributed by atoms with Crippen molar-refractivity contribution >= 4 is 10.0 Å². The molecule has 0 aromatic carbocycles. The van der Waals surface area contributed by atoms with Crippen molar-refractivity contribution in [3.63, 3.8) is 0 Å². The first kappa shape index (κ1) is 17.0. The van der Waals surface area contributed by atoms with Crippen molar-refractivity contribution in [1.29, 1.82) is 0 Å². The molecule has 7 nitrogen and oxygen atoms in total. The van der Waals surface area contributed by atoms with Crippen LogP contribution in [-0.4, -0.2) is 51.8 Å². The van der Waals surface area contributed by atoms with Gasteiger partial charge in [0.05, 0.1) is 17.6 Å². The summed E-state index contributed by atoms with van der Waals surface area (Å²) < 4.78 is 26.8. The van der Waals surface area contributed by atoms with Crippen LogP contribution in [0.4, 0.5) is 0 Å². The maximum atomic E-state index is 11.6. The summed E-state index contributed by atoms with van der Waals surface area (Å²) in [4.78, 5) is 8.74. The predicted octanol–water partition coefficient (Wildman–Crippen LogP) is 1.57. The summed E-state index contributed by atoms with van der Waals surface area (Å²) in [5, 5.41) is 4.34. The molecule has 130 valence electrons. The van der Waals surface area contributed by atoms with Crippen LogP contribution in [0.25, 0.3) is 11.4 Å². The summed E-state index contributed by atoms with van der Waals surface area (Å²) >= 11 is 0. The fraction of sp³-hybridized carbons (Fsp3) is 0.562. The summed E-state index contributed by atoms with van der Waals surface area (Å²) in [6.07, 6.45) is 7.29. The molecule has 0 bridgehead atoms. The van der Waals surface area contributed by atoms with E-state index in [1.54, 1.807) is 16.8 Å². The Hall–Kier alpha value is -1.80. The molecule has 24 heavy (non-hydrogen) atoms. The lowest BCUT2D eigenvalue weighted by molar-refractivity contribution is 0.459. The van der Waals surface area contributed by atoms with Gasteiger partial charge in [0.15, 0.2) is 0 Å². The van der Waals surface area contributed by atoms with Gasteiger partial charge in [-0.1, -0.05) is 6.92 Å². The van der Waals surface area contributed by atoms with E-state index >= 15 is 0 Å². The number of rotatable bonds is 6. The van der Waals surface area contributed by atoms with Gasteiger partial charge in [-0.25, -0.2) is 22.7 Å². The first-order chi connectivity index (χ1) is 11.5. The molecule has 0 N–H and O–H groups in total. The number of aryl methyl sites for hydroxylation is 1. The smallest absolute Gasteiger partial charge is 0.211 e. The van der Waals surface area contributed by atoms with E-state index in [9.17, 15) is 8.42 Å². The van der Waals surface area contributed by atoms with Crippen molar-refractivity contribution in [3.8, 4) is 11.4 Å². The third-order valence-electron chi connectivity index (χ3n) is 4.35. The lowest BCUT2D eigenvalue weighted by Crippen LogP contribution is -2.27. The molecule has 1 saturated heterocycles. The second-order valence-corrected chi connectivity index (χ2v) is 8.30. The standard InChI is InChI=1S/C16H23N5O2S/c1-3-7-21-16(4-6-19-21)15-10-14(17-12-18-15)9-13-5-8-20(11-13)24(2,22)23/h4,6,10,12-13H,3,5,7-9,11H2,1-2H3/t13-/m1/s1. The molecule has 0 radical (unpaired) electrons. The van der Waals surface area contributed by atoms with Gasteiger partial charge < -0.3 is 0 Å². The van der Waals surface area contributed by atoms with Gasteiger partial charge >= 0.3 is 0 Å². The Morgan fingerprint density at radius 3 is 2.88 bits per heavy atom. The molecule has 0 spiro atoms. The molecule has 0 aliphatic carbocycles. The molecule has 3 rings (SSSR count). The topological polar surface area (TPSA) is 81.0 Å². The summed E-state index contributed by atoms with van der Waals surface area (Å²) in [6.45, 7) is 4.15. The first-order valence-corrected chi connectivity index (χ1v) is 10.1. The maximum absolute atomic E-state index is 11.6. The Bertz CT molecular complexity index is 802. The number of nitrogens with zero attached hydrogens (tertiary/aromatic N) is 5. The zero-order valence-corrected chi connectivity index (χ0v) is 14.9. The minimum atomic E-state index is -3.09. The average molecular weight is 349 g/mol. The molecule has 8 heteroatoms. The lowest BCUT2D eigenvalue weighted by atomic mass is 10.0. The van der Waals surface area contributed by atoms with Crippen molar-refractivity contribution < 1.29 is 8.42 Å². The van der Waals surface area contributed by atoms with Crippen LogP contribution >= 0.6 is 0 Å². The van der Waals surface area contributed by atoms with E-state index in [4.69, 9.17) is 0 Å². The SMILES string of the molecule is CCCn1nccc1-c1cc(C[C@H]2CCN(S(C)(=O)=O)C2)ncn1. The van der Waals surface area contributed by atoms with Gasteiger partial charge in [0.1, 0.15) is 6.33 Å². The van der Waals surface area contributed by atoms with Crippen LogP contribution in [0.1, 0.15) is 25.5 Å². The van der Waals surface area contributed by atoms with Crippen LogP contribution in [0.3, 0.4) is 0 Å². The first-order valence-electron chi connectivity index (χ1n) is 8.25. The molecule has 1 aliphatic rings. The zero-order chi connectivity index (χ0) is 17.2. The van der Waals surface area contributed by atoms with Crippen LogP contribution in [0, 0.1) is 5.92 Å². The third kappa shape index (κ3) is 3.81. The molecule has 2 aromatic heterocycles. The normalized spacial score (nSPS) is 19.0. The number of sulfonamides is 1. The van der Waals surface area contributed by atoms with Crippen LogP contribution in [0.15, 0.2) is 24.7 Å². The highest BCUT2D eigenvalue weighted by Gasteiger charge is 2.28. The Morgan fingerprint density at radius 2 is 2.17 bits per heavy atom. The van der Waals surface area contributed by atoms with Gasteiger partial charge in [0, 0.05) is 31.5 Å². The highest BCUT2D eigenvalue weighted by molar-refractivity contribution is 7.88. The fourth-order valence-electron chi connectivity index (χ4n) is 3.15. The lowest BCUT2D eigenvalue weighted by Gasteiger charge is -2.13. The molecular formula is C16H23N5O2S. The largest absolute Gasteiger partial charge is 0.263 e. The number of hydrogen-bond donors (Lipinski definition) is 0. The molecule has 1 aliphatic heterocycles. The fourth-order valence-corrected chi connectivity index (χ4v) is 4.07. The van der Waals surface area contributed by atoms with Gasteiger partial charge in [-0.05, 0) is 37.3 Å². The number of aromatic nitrogens is 4. The van der Waals surface area contributed by atoms with Gasteiger partial charge in [-0.15, -0.1) is 0 Å². The summed E-state index contributed by atoms with van der Waals surface area (Å²) in [7, 11) is -3.09. The molecule has 0 saturated carbocycles. The van der Waals surface area contributed by atoms with E-state index < -0.39 is 10.0 Å². The Balaban J connectivity index is 1.73. The summed E-state index contributed by atoms with van der Waals surface area (Å²) in [6, 6.07) is 3.95. The molecule has 0 amide bonds. The molecule has 2 aromatic rings. The number of hydrogen-bond acceptors (Lipinski definition) is 5. The van der Waals surface area contributed by atoms with E-state index in [2.05, 4.69) is 22.0 Å². The third-order valence-corrected chi connectivity index (χ3v) is 5.62. The Kier molecular flexibility index (Phi) is 4.96. The van der Waals surface area contributed by atoms with E-state index in [1.807, 2.05) is 16.8 Å². The Morgan fingerprint density at radius 1 is 1.33 bits per heavy atom. The zero-order valence-electron chi connectivity index (χ0n) is 14.1. The molecule has 3 heterocycles. The van der Waals surface area contributed by atoms with Crippen molar-refractivity contribution in [2.24, 2.45) is 5.92 Å². The second kappa shape index (κ2) is 6.98. The maximum Gasteiger partial charge on any atom is 0.211 e. The van der Waals surface area contributed by atoms with Crippen LogP contribution < -0.4 is 0 Å². The van der Waals surface area contributed by atoms with Crippen molar-refractivity contribution in [1.82, 2.24) is 24.1 Å². The highest BCUT2D eigenvalue weighted by atomic mass is 32.2. The van der Waals surface area contributed by atoms with Gasteiger partial charge in [-0.2, -0.15) is 5.10 Å². The van der Waals surface area contributed by atoms with Gasteiger partial charge in [-0.3, -0.25) is 4.68 Å². The predicted molar refractivity (Wildman–Crippen MR) is 91.8 cm³/mol. The van der Waals surface area contributed by atoms with Gasteiger partial charge in [0.25, 0.3) is 0 Å². The Labute approximate surface area is 142 Å². The van der Waals surface area contributed by atoms with Crippen molar-refractivity contribution in [2.45, 2.75) is 32.7 Å². The highest BCUT2D eigenvalue weighted by Crippen LogP contribution is 2.23. The molecule has 0 unspecified atom stereocenters. The van der Waals surface area contributed by atoms with Crippen LogP contribution in [0.2, 0.25) is 0 Å². The minimum Gasteiger partial charge on any atom is -0.263 e. The average Bonchev–Trinajstić information content (AvgIpc) is 3.17. The van der Waals surface area contributed by atoms with E-state index in [0.29, 0.717) is 19.0 Å². The van der Waals surface area contributed by atoms with Crippen molar-refractivity contribution in [2.75, 3.05) is 19.3 Å². The van der Waals surface area contributed by atoms with E-state index in [1.165, 1.54) is 6.26 Å². The molecule has 1 atom stereocenters. The van der Waals surface area contributed by atoms with E-state index in [0.717, 1.165) is 42.9 Å². The summed E-state index contributed by atoms with van der Waals surface area (Å²) in [5.74, 6) is 0.308. The van der Waals surface area contributed by atoms with Crippen LogP contribution in [0.5, 0.6) is 0 Å². The summed E-state index contributed by atoms with van der Waals surface area (Å²) in [5.41, 5.74) is 2.80. The molecule has 1 fully saturated rings. The quantitative estimate of drug-likeness (QED) is 0.791. The van der Waals surface area contributed by atoms with Gasteiger partial charge in [0.2, 0.25) is 10.0 Å². The van der Waals surface area contributed by atoms with Crippen LogP contribution in [-0.2, 0) is 23.0 Å².